The second kappa shape index (κ2) is 2.51. The standard InChI is InChI=1S/C8H6F2O2S/c9-8(10)5(6(8)7(11)12)4-2-1-3-13-4/h1-3,5-6H,(H,11,12)/t5-,6-/m1/s1. The molecule has 1 heterocycles. The second-order valence-electron chi connectivity index (χ2n) is 2.98. The molecule has 0 unspecified atom stereocenters. The van der Waals surface area contributed by atoms with Gasteiger partial charge < -0.3 is 5.11 Å². The lowest BCUT2D eigenvalue weighted by Gasteiger charge is -1.89. The molecule has 2 rings (SSSR count). The van der Waals surface area contributed by atoms with E-state index in [4.69, 9.17) is 5.11 Å². The molecule has 0 spiro atoms. The molecule has 0 aromatic carbocycles. The van der Waals surface area contributed by atoms with E-state index in [-0.39, 0.29) is 0 Å². The molecule has 70 valence electrons. The van der Waals surface area contributed by atoms with E-state index in [1.54, 1.807) is 17.5 Å². The molecule has 13 heavy (non-hydrogen) atoms. The summed E-state index contributed by atoms with van der Waals surface area (Å²) in [6.07, 6.45) is 0. The number of carboxylic acid groups (broad SMARTS) is 1. The van der Waals surface area contributed by atoms with Gasteiger partial charge in [0, 0.05) is 4.88 Å². The maximum atomic E-state index is 12.9. The first kappa shape index (κ1) is 8.62. The molecule has 1 aromatic rings. The Labute approximate surface area is 76.8 Å². The van der Waals surface area contributed by atoms with Gasteiger partial charge in [0.2, 0.25) is 0 Å². The maximum absolute atomic E-state index is 12.9. The molecule has 0 amide bonds. The average Bonchev–Trinajstić information content (AvgIpc) is 2.50. The molecule has 1 aliphatic carbocycles. The molecule has 5 heteroatoms. The molecule has 2 atom stereocenters. The number of thiophene rings is 1. The predicted molar refractivity (Wildman–Crippen MR) is 43.1 cm³/mol. The Kier molecular flexibility index (Phi) is 1.66. The second-order valence-corrected chi connectivity index (χ2v) is 3.96. The summed E-state index contributed by atoms with van der Waals surface area (Å²) in [5, 5.41) is 10.2. The van der Waals surface area contributed by atoms with Crippen LogP contribution in [-0.2, 0) is 4.79 Å². The van der Waals surface area contributed by atoms with Gasteiger partial charge in [0.25, 0.3) is 5.92 Å². The highest BCUT2D eigenvalue weighted by molar-refractivity contribution is 7.10. The maximum Gasteiger partial charge on any atom is 0.313 e. The van der Waals surface area contributed by atoms with Crippen molar-refractivity contribution < 1.29 is 18.7 Å². The van der Waals surface area contributed by atoms with Crippen LogP contribution in [0.25, 0.3) is 0 Å². The summed E-state index contributed by atoms with van der Waals surface area (Å²) in [4.78, 5) is 10.9. The molecule has 2 nitrogen and oxygen atoms in total. The van der Waals surface area contributed by atoms with Crippen molar-refractivity contribution in [2.75, 3.05) is 0 Å². The third kappa shape index (κ3) is 1.14. The largest absolute Gasteiger partial charge is 0.481 e. The zero-order valence-electron chi connectivity index (χ0n) is 6.41. The Morgan fingerprint density at radius 1 is 1.62 bits per heavy atom. The highest BCUT2D eigenvalue weighted by atomic mass is 32.1. The molecule has 0 saturated heterocycles. The number of carboxylic acids is 1. The summed E-state index contributed by atoms with van der Waals surface area (Å²) in [6.45, 7) is 0. The molecule has 0 bridgehead atoms. The lowest BCUT2D eigenvalue weighted by molar-refractivity contribution is -0.140. The number of aliphatic carboxylic acids is 1. The van der Waals surface area contributed by atoms with Crippen molar-refractivity contribution in [3.8, 4) is 0 Å². The normalized spacial score (nSPS) is 30.0. The van der Waals surface area contributed by atoms with Gasteiger partial charge in [0.05, 0.1) is 5.92 Å². The van der Waals surface area contributed by atoms with Gasteiger partial charge in [-0.25, -0.2) is 8.78 Å². The third-order valence-corrected chi connectivity index (χ3v) is 3.12. The number of hydrogen-bond donors (Lipinski definition) is 1. The highest BCUT2D eigenvalue weighted by Gasteiger charge is 2.73. The average molecular weight is 204 g/mol. The summed E-state index contributed by atoms with van der Waals surface area (Å²) < 4.78 is 25.8. The Hall–Kier alpha value is -0.970. The van der Waals surface area contributed by atoms with Gasteiger partial charge >= 0.3 is 5.97 Å². The van der Waals surface area contributed by atoms with Gasteiger partial charge in [-0.05, 0) is 11.4 Å². The zero-order chi connectivity index (χ0) is 9.64. The Morgan fingerprint density at radius 2 is 2.31 bits per heavy atom. The number of carbonyl (C=O) groups is 1. The number of halogens is 2. The summed E-state index contributed by atoms with van der Waals surface area (Å²) in [5.41, 5.74) is 0. The Bertz CT molecular complexity index is 334. The SMILES string of the molecule is O=C(O)[C@H]1[C@@H](c2cccs2)C1(F)F. The monoisotopic (exact) mass is 204 g/mol. The molecule has 0 aliphatic heterocycles. The van der Waals surface area contributed by atoms with Gasteiger partial charge in [-0.1, -0.05) is 6.07 Å². The van der Waals surface area contributed by atoms with Gasteiger partial charge in [0.15, 0.2) is 0 Å². The van der Waals surface area contributed by atoms with Crippen molar-refractivity contribution in [2.45, 2.75) is 11.8 Å². The molecule has 1 saturated carbocycles. The first-order valence-electron chi connectivity index (χ1n) is 3.69. The summed E-state index contributed by atoms with van der Waals surface area (Å²) in [7, 11) is 0. The fraction of sp³-hybridized carbons (Fsp3) is 0.375. The van der Waals surface area contributed by atoms with Crippen molar-refractivity contribution in [1.82, 2.24) is 0 Å². The van der Waals surface area contributed by atoms with Gasteiger partial charge in [0.1, 0.15) is 5.92 Å². The Balaban J connectivity index is 2.25. The van der Waals surface area contributed by atoms with E-state index in [0.29, 0.717) is 4.88 Å². The minimum atomic E-state index is -3.06. The van der Waals surface area contributed by atoms with Crippen LogP contribution >= 0.6 is 11.3 Å². The van der Waals surface area contributed by atoms with Crippen molar-refractivity contribution in [1.29, 1.82) is 0 Å². The minimum absolute atomic E-state index is 0.456. The van der Waals surface area contributed by atoms with Crippen LogP contribution in [0.3, 0.4) is 0 Å². The molecule has 1 aliphatic rings. The zero-order valence-corrected chi connectivity index (χ0v) is 7.22. The van der Waals surface area contributed by atoms with Crippen LogP contribution in [-0.4, -0.2) is 17.0 Å². The highest BCUT2D eigenvalue weighted by Crippen LogP contribution is 2.62. The molecule has 1 fully saturated rings. The van der Waals surface area contributed by atoms with Crippen LogP contribution in [0.4, 0.5) is 8.78 Å². The van der Waals surface area contributed by atoms with Gasteiger partial charge in [-0.15, -0.1) is 11.3 Å². The van der Waals surface area contributed by atoms with Crippen LogP contribution in [0.5, 0.6) is 0 Å². The van der Waals surface area contributed by atoms with E-state index < -0.39 is 23.7 Å². The van der Waals surface area contributed by atoms with Crippen LogP contribution in [0.15, 0.2) is 17.5 Å². The van der Waals surface area contributed by atoms with Crippen LogP contribution in [0, 0.1) is 5.92 Å². The summed E-state index contributed by atoms with van der Waals surface area (Å²) >= 11 is 1.17. The topological polar surface area (TPSA) is 37.3 Å². The van der Waals surface area contributed by atoms with Crippen molar-refractivity contribution in [3.63, 3.8) is 0 Å². The van der Waals surface area contributed by atoms with Crippen molar-refractivity contribution >= 4 is 17.3 Å². The van der Waals surface area contributed by atoms with Gasteiger partial charge in [-0.3, -0.25) is 4.79 Å². The lowest BCUT2D eigenvalue weighted by atomic mass is 10.3. The molecular weight excluding hydrogens is 198 g/mol. The molecule has 1 aromatic heterocycles. The number of rotatable bonds is 2. The van der Waals surface area contributed by atoms with E-state index in [0.717, 1.165) is 0 Å². The van der Waals surface area contributed by atoms with Crippen LogP contribution in [0.2, 0.25) is 0 Å². The fourth-order valence-electron chi connectivity index (χ4n) is 1.46. The van der Waals surface area contributed by atoms with Gasteiger partial charge in [-0.2, -0.15) is 0 Å². The predicted octanol–water partition coefficient (Wildman–Crippen LogP) is 2.18. The number of hydrogen-bond acceptors (Lipinski definition) is 2. The van der Waals surface area contributed by atoms with E-state index in [2.05, 4.69) is 0 Å². The van der Waals surface area contributed by atoms with E-state index in [9.17, 15) is 13.6 Å². The smallest absolute Gasteiger partial charge is 0.313 e. The minimum Gasteiger partial charge on any atom is -0.481 e. The Morgan fingerprint density at radius 3 is 2.69 bits per heavy atom. The third-order valence-electron chi connectivity index (χ3n) is 2.17. The fourth-order valence-corrected chi connectivity index (χ4v) is 2.37. The van der Waals surface area contributed by atoms with E-state index in [1.807, 2.05) is 0 Å². The lowest BCUT2D eigenvalue weighted by Crippen LogP contribution is -2.04. The summed E-state index contributed by atoms with van der Waals surface area (Å²) in [6, 6.07) is 3.19. The number of alkyl halides is 2. The van der Waals surface area contributed by atoms with Crippen LogP contribution < -0.4 is 0 Å². The molecular formula is C8H6F2O2S. The van der Waals surface area contributed by atoms with Crippen molar-refractivity contribution in [2.24, 2.45) is 5.92 Å². The molecule has 1 N–H and O–H groups in total. The van der Waals surface area contributed by atoms with E-state index in [1.165, 1.54) is 11.3 Å². The van der Waals surface area contributed by atoms with Crippen LogP contribution in [0.1, 0.15) is 10.8 Å². The summed E-state index contributed by atoms with van der Waals surface area (Å²) in [5.74, 6) is -7.10. The quantitative estimate of drug-likeness (QED) is 0.801. The van der Waals surface area contributed by atoms with E-state index >= 15 is 0 Å². The molecule has 0 radical (unpaired) electrons. The van der Waals surface area contributed by atoms with Crippen molar-refractivity contribution in [3.05, 3.63) is 22.4 Å². The first-order chi connectivity index (χ1) is 6.05. The first-order valence-corrected chi connectivity index (χ1v) is 4.57.